The molecule has 0 spiro atoms. The first-order valence-electron chi connectivity index (χ1n) is 6.44. The lowest BCUT2D eigenvalue weighted by molar-refractivity contribution is 0.0943. The molecule has 0 atom stereocenters. The Balaban J connectivity index is 2.26. The number of aliphatic hydroxyl groups is 1. The molecule has 0 saturated heterocycles. The van der Waals surface area contributed by atoms with Gasteiger partial charge in [0, 0.05) is 25.5 Å². The molecule has 3 N–H and O–H groups in total. The zero-order valence-electron chi connectivity index (χ0n) is 11.8. The standard InChI is InChI=1S/C12H19N7O/c1-4-13-9-16-10(14-8-12(2,3)20)18-11(17-9)19-7-5-6-15-19/h5-7,20H,4,8H2,1-3H3,(H2,13,14,16,17,18). The van der Waals surface area contributed by atoms with Gasteiger partial charge < -0.3 is 15.7 Å². The van der Waals surface area contributed by atoms with Gasteiger partial charge in [-0.15, -0.1) is 0 Å². The molecule has 0 aliphatic carbocycles. The van der Waals surface area contributed by atoms with E-state index in [4.69, 9.17) is 0 Å². The lowest BCUT2D eigenvalue weighted by Gasteiger charge is -2.18. The van der Waals surface area contributed by atoms with Crippen LogP contribution in [0.2, 0.25) is 0 Å². The van der Waals surface area contributed by atoms with Gasteiger partial charge in [-0.05, 0) is 26.8 Å². The minimum Gasteiger partial charge on any atom is -0.389 e. The van der Waals surface area contributed by atoms with Gasteiger partial charge in [-0.25, -0.2) is 4.68 Å². The van der Waals surface area contributed by atoms with Crippen LogP contribution in [0.3, 0.4) is 0 Å². The van der Waals surface area contributed by atoms with E-state index < -0.39 is 5.60 Å². The van der Waals surface area contributed by atoms with Crippen molar-refractivity contribution in [3.05, 3.63) is 18.5 Å². The van der Waals surface area contributed by atoms with Gasteiger partial charge in [-0.3, -0.25) is 0 Å². The molecule has 2 heterocycles. The fraction of sp³-hybridized carbons (Fsp3) is 0.500. The van der Waals surface area contributed by atoms with Gasteiger partial charge in [0.25, 0.3) is 5.95 Å². The number of nitrogens with one attached hydrogen (secondary N) is 2. The quantitative estimate of drug-likeness (QED) is 0.713. The fourth-order valence-corrected chi connectivity index (χ4v) is 1.47. The fourth-order valence-electron chi connectivity index (χ4n) is 1.47. The predicted octanol–water partition coefficient (Wildman–Crippen LogP) is 0.672. The van der Waals surface area contributed by atoms with Crippen molar-refractivity contribution in [3.8, 4) is 5.95 Å². The van der Waals surface area contributed by atoms with Gasteiger partial charge in [0.2, 0.25) is 11.9 Å². The summed E-state index contributed by atoms with van der Waals surface area (Å²) in [4.78, 5) is 12.8. The second-order valence-corrected chi connectivity index (χ2v) is 4.93. The van der Waals surface area contributed by atoms with Crippen LogP contribution in [-0.2, 0) is 0 Å². The third kappa shape index (κ3) is 3.89. The Labute approximate surface area is 117 Å². The predicted molar refractivity (Wildman–Crippen MR) is 75.9 cm³/mol. The van der Waals surface area contributed by atoms with Crippen molar-refractivity contribution in [2.45, 2.75) is 26.4 Å². The SMILES string of the molecule is CCNc1nc(NCC(C)(C)O)nc(-n2cccn2)n1. The summed E-state index contributed by atoms with van der Waals surface area (Å²) >= 11 is 0. The minimum atomic E-state index is -0.850. The van der Waals surface area contributed by atoms with Crippen molar-refractivity contribution in [3.63, 3.8) is 0 Å². The van der Waals surface area contributed by atoms with Crippen LogP contribution in [0.1, 0.15) is 20.8 Å². The molecule has 0 fully saturated rings. The van der Waals surface area contributed by atoms with E-state index in [-0.39, 0.29) is 0 Å². The Morgan fingerprint density at radius 2 is 1.90 bits per heavy atom. The molecule has 0 amide bonds. The van der Waals surface area contributed by atoms with Crippen LogP contribution in [0, 0.1) is 0 Å². The van der Waals surface area contributed by atoms with Crippen LogP contribution in [-0.4, -0.2) is 48.5 Å². The van der Waals surface area contributed by atoms with Crippen LogP contribution in [0.4, 0.5) is 11.9 Å². The smallest absolute Gasteiger partial charge is 0.257 e. The second kappa shape index (κ2) is 5.83. The molecule has 2 aromatic rings. The van der Waals surface area contributed by atoms with Gasteiger partial charge in [0.05, 0.1) is 5.60 Å². The number of anilines is 2. The normalized spacial score (nSPS) is 11.4. The van der Waals surface area contributed by atoms with E-state index in [9.17, 15) is 5.11 Å². The maximum Gasteiger partial charge on any atom is 0.257 e. The van der Waals surface area contributed by atoms with Crippen LogP contribution in [0.15, 0.2) is 18.5 Å². The molecule has 20 heavy (non-hydrogen) atoms. The molecule has 8 nitrogen and oxygen atoms in total. The van der Waals surface area contributed by atoms with E-state index in [1.54, 1.807) is 37.0 Å². The number of aromatic nitrogens is 5. The highest BCUT2D eigenvalue weighted by Crippen LogP contribution is 2.10. The first-order chi connectivity index (χ1) is 9.48. The zero-order chi connectivity index (χ0) is 14.6. The lowest BCUT2D eigenvalue weighted by atomic mass is 10.1. The molecule has 8 heteroatoms. The van der Waals surface area contributed by atoms with Gasteiger partial charge in [0.15, 0.2) is 0 Å². The number of hydrogen-bond acceptors (Lipinski definition) is 7. The monoisotopic (exact) mass is 277 g/mol. The van der Waals surface area contributed by atoms with Gasteiger partial charge in [0.1, 0.15) is 0 Å². The Kier molecular flexibility index (Phi) is 4.14. The first kappa shape index (κ1) is 14.2. The first-order valence-corrected chi connectivity index (χ1v) is 6.44. The molecule has 0 unspecified atom stereocenters. The molecule has 0 aliphatic heterocycles. The van der Waals surface area contributed by atoms with Crippen molar-refractivity contribution >= 4 is 11.9 Å². The summed E-state index contributed by atoms with van der Waals surface area (Å²) in [6, 6.07) is 1.79. The summed E-state index contributed by atoms with van der Waals surface area (Å²) < 4.78 is 1.55. The summed E-state index contributed by atoms with van der Waals surface area (Å²) in [6.45, 7) is 6.41. The van der Waals surface area contributed by atoms with E-state index in [1.165, 1.54) is 0 Å². The highest BCUT2D eigenvalue weighted by atomic mass is 16.3. The molecule has 2 rings (SSSR count). The third-order valence-electron chi connectivity index (χ3n) is 2.35. The van der Waals surface area contributed by atoms with E-state index in [0.29, 0.717) is 30.9 Å². The molecule has 0 bridgehead atoms. The van der Waals surface area contributed by atoms with Crippen molar-refractivity contribution in [2.24, 2.45) is 0 Å². The average molecular weight is 277 g/mol. The summed E-state index contributed by atoms with van der Waals surface area (Å²) in [7, 11) is 0. The molecule has 108 valence electrons. The molecular formula is C12H19N7O. The maximum absolute atomic E-state index is 9.74. The van der Waals surface area contributed by atoms with Crippen LogP contribution < -0.4 is 10.6 Å². The van der Waals surface area contributed by atoms with Crippen molar-refractivity contribution in [2.75, 3.05) is 23.7 Å². The largest absolute Gasteiger partial charge is 0.389 e. The van der Waals surface area contributed by atoms with E-state index >= 15 is 0 Å². The number of hydrogen-bond donors (Lipinski definition) is 3. The molecule has 2 aromatic heterocycles. The van der Waals surface area contributed by atoms with E-state index in [0.717, 1.165) is 0 Å². The topological polar surface area (TPSA) is 101 Å². The molecule has 0 aliphatic rings. The van der Waals surface area contributed by atoms with Crippen molar-refractivity contribution < 1.29 is 5.11 Å². The average Bonchev–Trinajstić information content (AvgIpc) is 2.89. The molecule has 0 aromatic carbocycles. The third-order valence-corrected chi connectivity index (χ3v) is 2.35. The van der Waals surface area contributed by atoms with Crippen molar-refractivity contribution in [1.29, 1.82) is 0 Å². The van der Waals surface area contributed by atoms with Crippen molar-refractivity contribution in [1.82, 2.24) is 24.7 Å². The van der Waals surface area contributed by atoms with Gasteiger partial charge >= 0.3 is 0 Å². The summed E-state index contributed by atoms with van der Waals surface area (Å²) in [6.07, 6.45) is 3.41. The number of nitrogens with zero attached hydrogens (tertiary/aromatic N) is 5. The zero-order valence-corrected chi connectivity index (χ0v) is 11.8. The highest BCUT2D eigenvalue weighted by molar-refractivity contribution is 5.37. The van der Waals surface area contributed by atoms with Gasteiger partial charge in [-0.1, -0.05) is 0 Å². The Morgan fingerprint density at radius 1 is 1.20 bits per heavy atom. The van der Waals surface area contributed by atoms with Crippen LogP contribution in [0.25, 0.3) is 5.95 Å². The molecule has 0 radical (unpaired) electrons. The highest BCUT2D eigenvalue weighted by Gasteiger charge is 2.14. The van der Waals surface area contributed by atoms with E-state index in [1.807, 2.05) is 6.92 Å². The Morgan fingerprint density at radius 3 is 2.45 bits per heavy atom. The Hall–Kier alpha value is -2.22. The second-order valence-electron chi connectivity index (χ2n) is 4.93. The van der Waals surface area contributed by atoms with Crippen LogP contribution in [0.5, 0.6) is 0 Å². The summed E-state index contributed by atoms with van der Waals surface area (Å²) in [5.41, 5.74) is -0.850. The number of rotatable bonds is 6. The Bertz CT molecular complexity index is 547. The summed E-state index contributed by atoms with van der Waals surface area (Å²) in [5.74, 6) is 1.27. The van der Waals surface area contributed by atoms with E-state index in [2.05, 4.69) is 30.7 Å². The molecule has 0 saturated carbocycles. The minimum absolute atomic E-state index is 0.334. The summed E-state index contributed by atoms with van der Waals surface area (Å²) in [5, 5.41) is 19.9. The molecular weight excluding hydrogens is 258 g/mol. The lowest BCUT2D eigenvalue weighted by Crippen LogP contribution is -2.30. The maximum atomic E-state index is 9.74. The van der Waals surface area contributed by atoms with Crippen LogP contribution >= 0.6 is 0 Å². The van der Waals surface area contributed by atoms with Gasteiger partial charge in [-0.2, -0.15) is 20.1 Å².